The molecule has 0 atom stereocenters. The molecule has 0 aromatic heterocycles. The lowest BCUT2D eigenvalue weighted by Gasteiger charge is -2.32. The Morgan fingerprint density at radius 2 is 1.63 bits per heavy atom. The zero-order valence-corrected chi connectivity index (χ0v) is 18.8. The van der Waals surface area contributed by atoms with Crippen LogP contribution in [-0.2, 0) is 27.8 Å². The Morgan fingerprint density at radius 1 is 1.00 bits per heavy atom. The molecule has 0 saturated carbocycles. The summed E-state index contributed by atoms with van der Waals surface area (Å²) in [6.45, 7) is 3.49. The number of amides is 1. The van der Waals surface area contributed by atoms with Gasteiger partial charge in [-0.3, -0.25) is 4.79 Å². The van der Waals surface area contributed by atoms with Crippen LogP contribution in [0.2, 0.25) is 0 Å². The Labute approximate surface area is 180 Å². The average molecular weight is 429 g/mol. The van der Waals surface area contributed by atoms with E-state index in [2.05, 4.69) is 12.1 Å². The molecule has 1 aliphatic rings. The molecule has 0 N–H and O–H groups in total. The van der Waals surface area contributed by atoms with Crippen LogP contribution in [0.25, 0.3) is 0 Å². The Morgan fingerprint density at radius 3 is 2.27 bits per heavy atom. The molecule has 0 bridgehead atoms. The maximum absolute atomic E-state index is 12.8. The number of benzene rings is 2. The first-order valence-electron chi connectivity index (χ1n) is 10.7. The number of rotatable bonds is 8. The first-order chi connectivity index (χ1) is 14.3. The molecule has 0 radical (unpaired) electrons. The SMILES string of the molecule is Cc1ccc(CN(C)C(=O)C2CCN(S(=O)(=O)CCCc3ccccc3)CC2)cc1. The number of hydrogen-bond donors (Lipinski definition) is 0. The molecule has 6 heteroatoms. The summed E-state index contributed by atoms with van der Waals surface area (Å²) in [6, 6.07) is 18.2. The van der Waals surface area contributed by atoms with Gasteiger partial charge in [0.1, 0.15) is 0 Å². The summed E-state index contributed by atoms with van der Waals surface area (Å²) < 4.78 is 26.9. The van der Waals surface area contributed by atoms with E-state index in [1.165, 1.54) is 5.56 Å². The monoisotopic (exact) mass is 428 g/mol. The average Bonchev–Trinajstić information content (AvgIpc) is 2.75. The van der Waals surface area contributed by atoms with Gasteiger partial charge in [0.2, 0.25) is 15.9 Å². The van der Waals surface area contributed by atoms with Gasteiger partial charge in [-0.25, -0.2) is 12.7 Å². The fraction of sp³-hybridized carbons (Fsp3) is 0.458. The van der Waals surface area contributed by atoms with Crippen LogP contribution in [0, 0.1) is 12.8 Å². The summed E-state index contributed by atoms with van der Waals surface area (Å²) in [6.07, 6.45) is 2.56. The van der Waals surface area contributed by atoms with E-state index in [0.717, 1.165) is 17.5 Å². The standard InChI is InChI=1S/C24H32N2O3S/c1-20-10-12-22(13-11-20)19-25(2)24(27)23-14-16-26(17-15-23)30(28,29)18-6-9-21-7-4-3-5-8-21/h3-5,7-8,10-13,23H,6,9,14-19H2,1-2H3. The van der Waals surface area contributed by atoms with Gasteiger partial charge in [0.05, 0.1) is 5.75 Å². The minimum absolute atomic E-state index is 0.101. The molecule has 0 aliphatic carbocycles. The zero-order valence-electron chi connectivity index (χ0n) is 18.0. The summed E-state index contributed by atoms with van der Waals surface area (Å²) in [4.78, 5) is 14.6. The molecule has 1 fully saturated rings. The van der Waals surface area contributed by atoms with Crippen molar-refractivity contribution in [3.8, 4) is 0 Å². The summed E-state index contributed by atoms with van der Waals surface area (Å²) in [5.41, 5.74) is 3.47. The van der Waals surface area contributed by atoms with E-state index in [1.54, 1.807) is 9.21 Å². The fourth-order valence-corrected chi connectivity index (χ4v) is 5.50. The summed E-state index contributed by atoms with van der Waals surface area (Å²) in [5, 5.41) is 0. The lowest BCUT2D eigenvalue weighted by molar-refractivity contribution is -0.135. The number of aryl methyl sites for hydroxylation is 2. The molecular weight excluding hydrogens is 396 g/mol. The van der Waals surface area contributed by atoms with E-state index in [4.69, 9.17) is 0 Å². The maximum Gasteiger partial charge on any atom is 0.225 e. The van der Waals surface area contributed by atoms with Crippen LogP contribution in [0.3, 0.4) is 0 Å². The van der Waals surface area contributed by atoms with E-state index < -0.39 is 10.0 Å². The Hall–Kier alpha value is -2.18. The first kappa shape index (κ1) is 22.5. The molecular formula is C24H32N2O3S. The highest BCUT2D eigenvalue weighted by Crippen LogP contribution is 2.23. The van der Waals surface area contributed by atoms with Gasteiger partial charge in [-0.15, -0.1) is 0 Å². The third-order valence-corrected chi connectivity index (χ3v) is 7.78. The normalized spacial score (nSPS) is 15.8. The van der Waals surface area contributed by atoms with Crippen molar-refractivity contribution < 1.29 is 13.2 Å². The molecule has 5 nitrogen and oxygen atoms in total. The largest absolute Gasteiger partial charge is 0.341 e. The molecule has 2 aromatic carbocycles. The number of carbonyl (C=O) groups excluding carboxylic acids is 1. The molecule has 1 saturated heterocycles. The van der Waals surface area contributed by atoms with Gasteiger partial charge in [-0.2, -0.15) is 0 Å². The number of nitrogens with zero attached hydrogens (tertiary/aromatic N) is 2. The Bertz CT molecular complexity index is 919. The van der Waals surface area contributed by atoms with E-state index in [1.807, 2.05) is 56.4 Å². The van der Waals surface area contributed by atoms with Crippen molar-refractivity contribution >= 4 is 15.9 Å². The minimum Gasteiger partial charge on any atom is -0.341 e. The van der Waals surface area contributed by atoms with Crippen molar-refractivity contribution in [1.29, 1.82) is 0 Å². The van der Waals surface area contributed by atoms with Crippen LogP contribution in [0.1, 0.15) is 36.0 Å². The van der Waals surface area contributed by atoms with E-state index >= 15 is 0 Å². The second-order valence-electron chi connectivity index (χ2n) is 8.26. The van der Waals surface area contributed by atoms with Gasteiger partial charge >= 0.3 is 0 Å². The Kier molecular flexibility index (Phi) is 7.67. The summed E-state index contributed by atoms with van der Waals surface area (Å²) in [7, 11) is -1.44. The third kappa shape index (κ3) is 6.16. The fourth-order valence-electron chi connectivity index (χ4n) is 3.97. The molecule has 1 heterocycles. The molecule has 0 unspecified atom stereocenters. The highest BCUT2D eigenvalue weighted by molar-refractivity contribution is 7.89. The smallest absolute Gasteiger partial charge is 0.225 e. The highest BCUT2D eigenvalue weighted by Gasteiger charge is 2.32. The quantitative estimate of drug-likeness (QED) is 0.645. The molecule has 1 amide bonds. The molecule has 162 valence electrons. The van der Waals surface area contributed by atoms with Crippen molar-refractivity contribution in [1.82, 2.24) is 9.21 Å². The molecule has 3 rings (SSSR count). The van der Waals surface area contributed by atoms with Crippen LogP contribution >= 0.6 is 0 Å². The van der Waals surface area contributed by atoms with Crippen molar-refractivity contribution in [3.05, 3.63) is 71.3 Å². The van der Waals surface area contributed by atoms with Crippen molar-refractivity contribution in [2.75, 3.05) is 25.9 Å². The van der Waals surface area contributed by atoms with Crippen molar-refractivity contribution in [2.45, 2.75) is 39.2 Å². The van der Waals surface area contributed by atoms with Crippen LogP contribution in [-0.4, -0.2) is 49.4 Å². The summed E-state index contributed by atoms with van der Waals surface area (Å²) >= 11 is 0. The van der Waals surface area contributed by atoms with Crippen molar-refractivity contribution in [3.63, 3.8) is 0 Å². The molecule has 1 aliphatic heterocycles. The second-order valence-corrected chi connectivity index (χ2v) is 10.3. The van der Waals surface area contributed by atoms with E-state index in [9.17, 15) is 13.2 Å². The van der Waals surface area contributed by atoms with Gasteiger partial charge in [-0.1, -0.05) is 60.2 Å². The molecule has 0 spiro atoms. The zero-order chi connectivity index (χ0) is 21.6. The second kappa shape index (κ2) is 10.2. The Balaban J connectivity index is 1.45. The van der Waals surface area contributed by atoms with Gasteiger partial charge in [0, 0.05) is 32.6 Å². The highest BCUT2D eigenvalue weighted by atomic mass is 32.2. The van der Waals surface area contributed by atoms with Gasteiger partial charge < -0.3 is 4.90 Å². The minimum atomic E-state index is -3.27. The third-order valence-electron chi connectivity index (χ3n) is 5.82. The lowest BCUT2D eigenvalue weighted by Crippen LogP contribution is -2.44. The van der Waals surface area contributed by atoms with Crippen LogP contribution in [0.5, 0.6) is 0 Å². The van der Waals surface area contributed by atoms with Crippen LogP contribution in [0.4, 0.5) is 0 Å². The number of sulfonamides is 1. The number of carbonyl (C=O) groups is 1. The van der Waals surface area contributed by atoms with E-state index in [0.29, 0.717) is 38.9 Å². The van der Waals surface area contributed by atoms with Gasteiger partial charge in [-0.05, 0) is 43.7 Å². The van der Waals surface area contributed by atoms with Gasteiger partial charge in [0.25, 0.3) is 0 Å². The first-order valence-corrected chi connectivity index (χ1v) is 12.3. The predicted octanol–water partition coefficient (Wildman–Crippen LogP) is 3.63. The number of hydrogen-bond acceptors (Lipinski definition) is 3. The molecule has 30 heavy (non-hydrogen) atoms. The predicted molar refractivity (Wildman–Crippen MR) is 120 cm³/mol. The topological polar surface area (TPSA) is 57.7 Å². The number of piperidine rings is 1. The molecule has 2 aromatic rings. The van der Waals surface area contributed by atoms with Crippen molar-refractivity contribution in [2.24, 2.45) is 5.92 Å². The maximum atomic E-state index is 12.8. The van der Waals surface area contributed by atoms with Crippen LogP contribution in [0.15, 0.2) is 54.6 Å². The van der Waals surface area contributed by atoms with E-state index in [-0.39, 0.29) is 17.6 Å². The van der Waals surface area contributed by atoms with Gasteiger partial charge in [0.15, 0.2) is 0 Å². The lowest BCUT2D eigenvalue weighted by atomic mass is 9.96. The van der Waals surface area contributed by atoms with Crippen LogP contribution < -0.4 is 0 Å². The summed E-state index contributed by atoms with van der Waals surface area (Å²) in [5.74, 6) is 0.168.